The number of rotatable bonds is 4. The zero-order valence-corrected chi connectivity index (χ0v) is 15.8. The number of hydrogen-bond donors (Lipinski definition) is 1. The molecule has 1 heterocycles. The normalized spacial score (nSPS) is 10.1. The van der Waals surface area contributed by atoms with Crippen LogP contribution in [0.15, 0.2) is 79.0 Å². The molecule has 2 aromatic carbocycles. The van der Waals surface area contributed by atoms with Crippen LogP contribution in [0.3, 0.4) is 0 Å². The van der Waals surface area contributed by atoms with Crippen LogP contribution >= 0.6 is 0 Å². The fourth-order valence-electron chi connectivity index (χ4n) is 2.45. The van der Waals surface area contributed by atoms with Gasteiger partial charge >= 0.3 is 5.97 Å². The fraction of sp³-hybridized carbons (Fsp3) is 0.0417. The Bertz CT molecular complexity index is 1090. The SMILES string of the molecule is COC(=O)c1ccc(/C=C/C(=O)Nc2cccc(C#Cc3ccccn3)c2)cc1. The molecule has 0 aliphatic heterocycles. The second-order valence-electron chi connectivity index (χ2n) is 5.98. The van der Waals surface area contributed by atoms with E-state index >= 15 is 0 Å². The molecule has 0 radical (unpaired) electrons. The third-order valence-electron chi connectivity index (χ3n) is 3.89. The molecular weight excluding hydrogens is 364 g/mol. The number of aromatic nitrogens is 1. The molecule has 0 aliphatic rings. The van der Waals surface area contributed by atoms with Gasteiger partial charge in [0.1, 0.15) is 5.69 Å². The first-order valence-electron chi connectivity index (χ1n) is 8.84. The van der Waals surface area contributed by atoms with Crippen molar-refractivity contribution in [2.45, 2.75) is 0 Å². The predicted molar refractivity (Wildman–Crippen MR) is 112 cm³/mol. The average Bonchev–Trinajstić information content (AvgIpc) is 2.77. The number of benzene rings is 2. The van der Waals surface area contributed by atoms with Gasteiger partial charge < -0.3 is 10.1 Å². The summed E-state index contributed by atoms with van der Waals surface area (Å²) in [6, 6.07) is 19.6. The molecule has 1 amide bonds. The lowest BCUT2D eigenvalue weighted by molar-refractivity contribution is -0.111. The third kappa shape index (κ3) is 5.91. The van der Waals surface area contributed by atoms with Gasteiger partial charge in [0.15, 0.2) is 0 Å². The number of hydrogen-bond acceptors (Lipinski definition) is 4. The molecule has 0 bridgehead atoms. The number of pyridine rings is 1. The second kappa shape index (κ2) is 9.67. The number of carbonyl (C=O) groups is 2. The lowest BCUT2D eigenvalue weighted by Crippen LogP contribution is -2.07. The highest BCUT2D eigenvalue weighted by Crippen LogP contribution is 2.11. The zero-order valence-electron chi connectivity index (χ0n) is 15.8. The molecule has 3 rings (SSSR count). The summed E-state index contributed by atoms with van der Waals surface area (Å²) in [6.07, 6.45) is 4.79. The Hall–Kier alpha value is -4.17. The van der Waals surface area contributed by atoms with Crippen molar-refractivity contribution in [3.63, 3.8) is 0 Å². The number of nitrogens with one attached hydrogen (secondary N) is 1. The van der Waals surface area contributed by atoms with Gasteiger partial charge in [0.2, 0.25) is 5.91 Å². The summed E-state index contributed by atoms with van der Waals surface area (Å²) in [5, 5.41) is 2.81. The number of ether oxygens (including phenoxy) is 1. The predicted octanol–water partition coefficient (Wildman–Crippen LogP) is 3.92. The number of esters is 1. The summed E-state index contributed by atoms with van der Waals surface area (Å²) in [4.78, 5) is 27.8. The summed E-state index contributed by atoms with van der Waals surface area (Å²) in [7, 11) is 1.33. The monoisotopic (exact) mass is 382 g/mol. The van der Waals surface area contributed by atoms with E-state index in [9.17, 15) is 9.59 Å². The minimum atomic E-state index is -0.399. The molecule has 29 heavy (non-hydrogen) atoms. The maximum Gasteiger partial charge on any atom is 0.337 e. The standard InChI is InChI=1S/C24H18N2O3/c1-29-24(28)20-12-8-18(9-13-20)11-15-23(27)26-22-7-4-5-19(17-22)10-14-21-6-2-3-16-25-21/h2-9,11-13,15-17H,1H3,(H,26,27)/b15-11+. The van der Waals surface area contributed by atoms with Crippen molar-refractivity contribution < 1.29 is 14.3 Å². The van der Waals surface area contributed by atoms with E-state index in [1.807, 2.05) is 30.3 Å². The van der Waals surface area contributed by atoms with E-state index < -0.39 is 5.97 Å². The smallest absolute Gasteiger partial charge is 0.337 e. The number of anilines is 1. The van der Waals surface area contributed by atoms with Crippen molar-refractivity contribution >= 4 is 23.6 Å². The van der Waals surface area contributed by atoms with Crippen LogP contribution in [0.2, 0.25) is 0 Å². The number of amides is 1. The van der Waals surface area contributed by atoms with Crippen LogP contribution in [0.25, 0.3) is 6.08 Å². The summed E-state index contributed by atoms with van der Waals surface area (Å²) in [5.74, 6) is 5.35. The highest BCUT2D eigenvalue weighted by Gasteiger charge is 2.03. The maximum atomic E-state index is 12.2. The van der Waals surface area contributed by atoms with E-state index in [2.05, 4.69) is 26.9 Å². The van der Waals surface area contributed by atoms with E-state index in [-0.39, 0.29) is 5.91 Å². The molecule has 0 saturated carbocycles. The molecule has 0 unspecified atom stereocenters. The Morgan fingerprint density at radius 3 is 2.55 bits per heavy atom. The first-order chi connectivity index (χ1) is 14.1. The van der Waals surface area contributed by atoms with Gasteiger partial charge in [-0.25, -0.2) is 9.78 Å². The molecule has 3 aromatic rings. The van der Waals surface area contributed by atoms with Crippen LogP contribution in [0, 0.1) is 11.8 Å². The topological polar surface area (TPSA) is 68.3 Å². The van der Waals surface area contributed by atoms with Gasteiger partial charge in [-0.15, -0.1) is 0 Å². The van der Waals surface area contributed by atoms with Crippen LogP contribution in [0.5, 0.6) is 0 Å². The van der Waals surface area contributed by atoms with Crippen molar-refractivity contribution in [1.82, 2.24) is 4.98 Å². The van der Waals surface area contributed by atoms with E-state index in [0.29, 0.717) is 16.9 Å². The Balaban J connectivity index is 1.63. The summed E-state index contributed by atoms with van der Waals surface area (Å²) < 4.78 is 4.66. The largest absolute Gasteiger partial charge is 0.465 e. The van der Waals surface area contributed by atoms with Gasteiger partial charge in [0, 0.05) is 23.5 Å². The van der Waals surface area contributed by atoms with Crippen molar-refractivity contribution in [3.05, 3.63) is 101 Å². The molecule has 0 spiro atoms. The van der Waals surface area contributed by atoms with Gasteiger partial charge in [-0.05, 0) is 60.0 Å². The number of nitrogens with zero attached hydrogens (tertiary/aromatic N) is 1. The van der Waals surface area contributed by atoms with Gasteiger partial charge in [0.05, 0.1) is 12.7 Å². The number of methoxy groups -OCH3 is 1. The number of carbonyl (C=O) groups excluding carboxylic acids is 2. The van der Waals surface area contributed by atoms with E-state index in [4.69, 9.17) is 0 Å². The van der Waals surface area contributed by atoms with Crippen molar-refractivity contribution in [3.8, 4) is 11.8 Å². The average molecular weight is 382 g/mol. The lowest BCUT2D eigenvalue weighted by Gasteiger charge is -2.03. The molecule has 1 N–H and O–H groups in total. The molecule has 0 saturated heterocycles. The van der Waals surface area contributed by atoms with Crippen LogP contribution < -0.4 is 5.32 Å². The van der Waals surface area contributed by atoms with Crippen LogP contribution in [0.4, 0.5) is 5.69 Å². The zero-order chi connectivity index (χ0) is 20.5. The van der Waals surface area contributed by atoms with E-state index in [0.717, 1.165) is 11.1 Å². The van der Waals surface area contributed by atoms with Gasteiger partial charge in [-0.2, -0.15) is 0 Å². The Morgan fingerprint density at radius 2 is 1.83 bits per heavy atom. The second-order valence-corrected chi connectivity index (χ2v) is 5.98. The highest BCUT2D eigenvalue weighted by atomic mass is 16.5. The van der Waals surface area contributed by atoms with Gasteiger partial charge in [0.25, 0.3) is 0 Å². The first-order valence-corrected chi connectivity index (χ1v) is 8.84. The van der Waals surface area contributed by atoms with Crippen molar-refractivity contribution in [2.75, 3.05) is 12.4 Å². The van der Waals surface area contributed by atoms with Crippen molar-refractivity contribution in [2.24, 2.45) is 0 Å². The molecular formula is C24H18N2O3. The molecule has 1 aromatic heterocycles. The highest BCUT2D eigenvalue weighted by molar-refractivity contribution is 6.02. The lowest BCUT2D eigenvalue weighted by atomic mass is 10.1. The Morgan fingerprint density at radius 1 is 1.00 bits per heavy atom. The molecule has 5 nitrogen and oxygen atoms in total. The van der Waals surface area contributed by atoms with E-state index in [1.54, 1.807) is 48.7 Å². The minimum absolute atomic E-state index is 0.267. The fourth-order valence-corrected chi connectivity index (χ4v) is 2.45. The Labute approximate surface area is 169 Å². The van der Waals surface area contributed by atoms with Crippen LogP contribution in [-0.2, 0) is 9.53 Å². The van der Waals surface area contributed by atoms with Gasteiger partial charge in [-0.1, -0.05) is 30.2 Å². The summed E-state index contributed by atoms with van der Waals surface area (Å²) in [5.41, 5.74) is 3.35. The molecule has 142 valence electrons. The molecule has 0 aliphatic carbocycles. The summed E-state index contributed by atoms with van der Waals surface area (Å²) >= 11 is 0. The third-order valence-corrected chi connectivity index (χ3v) is 3.89. The Kier molecular flexibility index (Phi) is 6.53. The van der Waals surface area contributed by atoms with Crippen LogP contribution in [-0.4, -0.2) is 24.0 Å². The van der Waals surface area contributed by atoms with Gasteiger partial charge in [-0.3, -0.25) is 4.79 Å². The molecule has 0 atom stereocenters. The van der Waals surface area contributed by atoms with Crippen LogP contribution in [0.1, 0.15) is 27.2 Å². The van der Waals surface area contributed by atoms with E-state index in [1.165, 1.54) is 13.2 Å². The molecule has 0 fully saturated rings. The minimum Gasteiger partial charge on any atom is -0.465 e. The molecule has 5 heteroatoms. The maximum absolute atomic E-state index is 12.2. The van der Waals surface area contributed by atoms with Crippen molar-refractivity contribution in [1.29, 1.82) is 0 Å². The first kappa shape index (κ1) is 19.6. The quantitative estimate of drug-likeness (QED) is 0.422. The summed E-state index contributed by atoms with van der Waals surface area (Å²) in [6.45, 7) is 0.